The SMILES string of the molecule is CC(C)(C(=O)O)c1cccc2ccoc12. The van der Waals surface area contributed by atoms with Crippen molar-refractivity contribution in [3.63, 3.8) is 0 Å². The minimum Gasteiger partial charge on any atom is -0.481 e. The standard InChI is InChI=1S/C12H12O3/c1-12(2,11(13)14)9-5-3-4-8-6-7-15-10(8)9/h3-7H,1-2H3,(H,13,14). The van der Waals surface area contributed by atoms with Crippen molar-refractivity contribution in [1.29, 1.82) is 0 Å². The molecule has 0 aliphatic carbocycles. The summed E-state index contributed by atoms with van der Waals surface area (Å²) in [4.78, 5) is 11.1. The lowest BCUT2D eigenvalue weighted by Gasteiger charge is -2.19. The molecule has 1 aromatic carbocycles. The first-order valence-corrected chi connectivity index (χ1v) is 4.73. The highest BCUT2D eigenvalue weighted by atomic mass is 16.4. The second-order valence-corrected chi connectivity index (χ2v) is 4.07. The number of furan rings is 1. The first-order chi connectivity index (χ1) is 7.03. The summed E-state index contributed by atoms with van der Waals surface area (Å²) in [6.07, 6.45) is 1.58. The molecular weight excluding hydrogens is 192 g/mol. The number of hydrogen-bond acceptors (Lipinski definition) is 2. The molecular formula is C12H12O3. The van der Waals surface area contributed by atoms with E-state index >= 15 is 0 Å². The van der Waals surface area contributed by atoms with Crippen LogP contribution in [0.15, 0.2) is 34.9 Å². The predicted octanol–water partition coefficient (Wildman–Crippen LogP) is 2.80. The zero-order valence-electron chi connectivity index (χ0n) is 8.65. The molecule has 0 atom stereocenters. The molecule has 0 aliphatic rings. The van der Waals surface area contributed by atoms with Crippen LogP contribution in [0.3, 0.4) is 0 Å². The van der Waals surface area contributed by atoms with Gasteiger partial charge >= 0.3 is 5.97 Å². The molecule has 1 heterocycles. The number of aliphatic carboxylic acids is 1. The van der Waals surface area contributed by atoms with E-state index < -0.39 is 11.4 Å². The zero-order chi connectivity index (χ0) is 11.1. The van der Waals surface area contributed by atoms with Gasteiger partial charge in [-0.05, 0) is 19.9 Å². The first kappa shape index (κ1) is 9.77. The van der Waals surface area contributed by atoms with Crippen molar-refractivity contribution in [2.45, 2.75) is 19.3 Å². The van der Waals surface area contributed by atoms with Crippen LogP contribution in [-0.4, -0.2) is 11.1 Å². The molecule has 3 heteroatoms. The summed E-state index contributed by atoms with van der Waals surface area (Å²) in [5.41, 5.74) is 0.430. The van der Waals surface area contributed by atoms with E-state index in [-0.39, 0.29) is 0 Å². The lowest BCUT2D eigenvalue weighted by Crippen LogP contribution is -2.28. The Labute approximate surface area is 87.3 Å². The van der Waals surface area contributed by atoms with Crippen LogP contribution in [0.25, 0.3) is 11.0 Å². The Morgan fingerprint density at radius 1 is 1.33 bits per heavy atom. The summed E-state index contributed by atoms with van der Waals surface area (Å²) < 4.78 is 5.32. The lowest BCUT2D eigenvalue weighted by molar-refractivity contribution is -0.142. The molecule has 1 aromatic heterocycles. The van der Waals surface area contributed by atoms with Crippen LogP contribution in [-0.2, 0) is 10.2 Å². The van der Waals surface area contributed by atoms with Gasteiger partial charge < -0.3 is 9.52 Å². The number of benzene rings is 1. The quantitative estimate of drug-likeness (QED) is 0.818. The van der Waals surface area contributed by atoms with Crippen molar-refractivity contribution in [3.8, 4) is 0 Å². The largest absolute Gasteiger partial charge is 0.481 e. The minimum absolute atomic E-state index is 0.657. The van der Waals surface area contributed by atoms with Gasteiger partial charge in [0, 0.05) is 10.9 Å². The van der Waals surface area contributed by atoms with Gasteiger partial charge in [0.1, 0.15) is 5.58 Å². The molecule has 2 aromatic rings. The fourth-order valence-corrected chi connectivity index (χ4v) is 1.60. The third-order valence-corrected chi connectivity index (χ3v) is 2.69. The number of para-hydroxylation sites is 1. The Bertz CT molecular complexity index is 508. The fourth-order valence-electron chi connectivity index (χ4n) is 1.60. The topological polar surface area (TPSA) is 50.4 Å². The van der Waals surface area contributed by atoms with Crippen LogP contribution >= 0.6 is 0 Å². The molecule has 3 nitrogen and oxygen atoms in total. The van der Waals surface area contributed by atoms with Crippen LogP contribution in [0.2, 0.25) is 0 Å². The van der Waals surface area contributed by atoms with Gasteiger partial charge in [-0.25, -0.2) is 0 Å². The minimum atomic E-state index is -0.933. The molecule has 0 amide bonds. The summed E-state index contributed by atoms with van der Waals surface area (Å²) in [6, 6.07) is 7.37. The van der Waals surface area contributed by atoms with Crippen molar-refractivity contribution in [2.24, 2.45) is 0 Å². The first-order valence-electron chi connectivity index (χ1n) is 4.73. The van der Waals surface area contributed by atoms with E-state index in [4.69, 9.17) is 9.52 Å². The number of carboxylic acid groups (broad SMARTS) is 1. The van der Waals surface area contributed by atoms with E-state index in [2.05, 4.69) is 0 Å². The van der Waals surface area contributed by atoms with Gasteiger partial charge in [0.05, 0.1) is 11.7 Å². The van der Waals surface area contributed by atoms with E-state index in [1.165, 1.54) is 0 Å². The van der Waals surface area contributed by atoms with Gasteiger partial charge in [0.15, 0.2) is 0 Å². The third-order valence-electron chi connectivity index (χ3n) is 2.69. The van der Waals surface area contributed by atoms with Crippen molar-refractivity contribution < 1.29 is 14.3 Å². The smallest absolute Gasteiger partial charge is 0.313 e. The van der Waals surface area contributed by atoms with Gasteiger partial charge in [-0.1, -0.05) is 18.2 Å². The normalized spacial score (nSPS) is 11.9. The average Bonchev–Trinajstić information content (AvgIpc) is 2.64. The summed E-state index contributed by atoms with van der Waals surface area (Å²) in [5, 5.41) is 10.1. The Kier molecular flexibility index (Phi) is 2.03. The van der Waals surface area contributed by atoms with Gasteiger partial charge in [0.25, 0.3) is 0 Å². The average molecular weight is 204 g/mol. The molecule has 0 bridgehead atoms. The van der Waals surface area contributed by atoms with E-state index in [0.717, 1.165) is 5.39 Å². The Balaban J connectivity index is 2.71. The molecule has 0 spiro atoms. The summed E-state index contributed by atoms with van der Waals surface area (Å²) in [6.45, 7) is 3.35. The van der Waals surface area contributed by atoms with Gasteiger partial charge in [-0.2, -0.15) is 0 Å². The van der Waals surface area contributed by atoms with Gasteiger partial charge in [-0.15, -0.1) is 0 Å². The zero-order valence-corrected chi connectivity index (χ0v) is 8.65. The second-order valence-electron chi connectivity index (χ2n) is 4.07. The van der Waals surface area contributed by atoms with E-state index in [1.807, 2.05) is 18.2 Å². The maximum Gasteiger partial charge on any atom is 0.313 e. The van der Waals surface area contributed by atoms with Crippen molar-refractivity contribution in [1.82, 2.24) is 0 Å². The Morgan fingerprint density at radius 2 is 2.07 bits per heavy atom. The predicted molar refractivity (Wildman–Crippen MR) is 56.9 cm³/mol. The second kappa shape index (κ2) is 3.12. The molecule has 0 radical (unpaired) electrons. The van der Waals surface area contributed by atoms with Crippen LogP contribution in [0.4, 0.5) is 0 Å². The molecule has 0 saturated carbocycles. The molecule has 15 heavy (non-hydrogen) atoms. The molecule has 78 valence electrons. The van der Waals surface area contributed by atoms with E-state index in [9.17, 15) is 4.79 Å². The van der Waals surface area contributed by atoms with Gasteiger partial charge in [-0.3, -0.25) is 4.79 Å². The van der Waals surface area contributed by atoms with Crippen LogP contribution in [0, 0.1) is 0 Å². The summed E-state index contributed by atoms with van der Waals surface area (Å²) in [7, 11) is 0. The van der Waals surface area contributed by atoms with E-state index in [1.54, 1.807) is 26.2 Å². The van der Waals surface area contributed by atoms with E-state index in [0.29, 0.717) is 11.1 Å². The highest BCUT2D eigenvalue weighted by Crippen LogP contribution is 2.30. The molecule has 2 rings (SSSR count). The highest BCUT2D eigenvalue weighted by Gasteiger charge is 2.32. The summed E-state index contributed by atoms with van der Waals surface area (Å²) in [5.74, 6) is -0.855. The summed E-state index contributed by atoms with van der Waals surface area (Å²) >= 11 is 0. The maximum absolute atomic E-state index is 11.1. The number of carboxylic acids is 1. The lowest BCUT2D eigenvalue weighted by atomic mass is 9.84. The maximum atomic E-state index is 11.1. The Hall–Kier alpha value is -1.77. The molecule has 0 saturated heterocycles. The van der Waals surface area contributed by atoms with Crippen LogP contribution < -0.4 is 0 Å². The molecule has 1 N–H and O–H groups in total. The van der Waals surface area contributed by atoms with Crippen molar-refractivity contribution >= 4 is 16.9 Å². The Morgan fingerprint density at radius 3 is 2.73 bits per heavy atom. The van der Waals surface area contributed by atoms with Crippen LogP contribution in [0.5, 0.6) is 0 Å². The highest BCUT2D eigenvalue weighted by molar-refractivity contribution is 5.89. The monoisotopic (exact) mass is 204 g/mol. The fraction of sp³-hybridized carbons (Fsp3) is 0.250. The number of carbonyl (C=O) groups is 1. The molecule has 0 aliphatic heterocycles. The number of rotatable bonds is 2. The number of hydrogen-bond donors (Lipinski definition) is 1. The van der Waals surface area contributed by atoms with Crippen molar-refractivity contribution in [2.75, 3.05) is 0 Å². The molecule has 0 fully saturated rings. The molecule has 0 unspecified atom stereocenters. The third kappa shape index (κ3) is 1.40. The van der Waals surface area contributed by atoms with Crippen LogP contribution in [0.1, 0.15) is 19.4 Å². The van der Waals surface area contributed by atoms with Crippen molar-refractivity contribution in [3.05, 3.63) is 36.1 Å². The van der Waals surface area contributed by atoms with Gasteiger partial charge in [0.2, 0.25) is 0 Å². The number of fused-ring (bicyclic) bond motifs is 1.